The molecule has 0 bridgehead atoms. The number of rotatable bonds is 6. The van der Waals surface area contributed by atoms with Crippen LogP contribution in [0.25, 0.3) is 6.08 Å². The number of carbonyl (C=O) groups is 1. The molecular weight excluding hydrogens is 300 g/mol. The molecular formula is C20H24N2O2. The Labute approximate surface area is 143 Å². The number of para-hydroxylation sites is 1. The molecule has 0 saturated carbocycles. The van der Waals surface area contributed by atoms with Gasteiger partial charge in [-0.25, -0.2) is 0 Å². The van der Waals surface area contributed by atoms with Gasteiger partial charge in [0.2, 0.25) is 5.91 Å². The number of carbonyl (C=O) groups excluding carboxylic acids is 1. The van der Waals surface area contributed by atoms with Crippen LogP contribution in [0.2, 0.25) is 0 Å². The fourth-order valence-electron chi connectivity index (χ4n) is 2.33. The summed E-state index contributed by atoms with van der Waals surface area (Å²) in [5, 5.41) is 2.90. The fraction of sp³-hybridized carbons (Fsp3) is 0.250. The molecule has 0 heterocycles. The predicted molar refractivity (Wildman–Crippen MR) is 100 cm³/mol. The second-order valence-corrected chi connectivity index (χ2v) is 5.80. The van der Waals surface area contributed by atoms with Crippen LogP contribution < -0.4 is 15.8 Å². The average molecular weight is 324 g/mol. The molecule has 126 valence electrons. The molecule has 0 fully saturated rings. The lowest BCUT2D eigenvalue weighted by Crippen LogP contribution is -2.09. The maximum absolute atomic E-state index is 12.1. The van der Waals surface area contributed by atoms with Gasteiger partial charge in [0.05, 0.1) is 11.8 Å². The molecule has 4 nitrogen and oxygen atoms in total. The van der Waals surface area contributed by atoms with Crippen LogP contribution in [0.1, 0.15) is 31.9 Å². The summed E-state index contributed by atoms with van der Waals surface area (Å²) in [6.07, 6.45) is 4.18. The van der Waals surface area contributed by atoms with Gasteiger partial charge in [-0.15, -0.1) is 0 Å². The lowest BCUT2D eigenvalue weighted by atomic mass is 10.1. The molecule has 2 aromatic carbocycles. The van der Waals surface area contributed by atoms with Gasteiger partial charge in [-0.05, 0) is 55.7 Å². The zero-order chi connectivity index (χ0) is 17.5. The molecule has 2 aromatic rings. The van der Waals surface area contributed by atoms with Gasteiger partial charge < -0.3 is 15.8 Å². The van der Waals surface area contributed by atoms with Crippen LogP contribution in [0.4, 0.5) is 11.4 Å². The van der Waals surface area contributed by atoms with E-state index in [1.165, 1.54) is 6.08 Å². The minimum absolute atomic E-state index is 0.0677. The first kappa shape index (κ1) is 17.6. The van der Waals surface area contributed by atoms with Gasteiger partial charge in [0.1, 0.15) is 5.75 Å². The summed E-state index contributed by atoms with van der Waals surface area (Å²) in [6.45, 7) is 5.96. The Bertz CT molecular complexity index is 736. The molecule has 2 rings (SSSR count). The van der Waals surface area contributed by atoms with E-state index in [1.807, 2.05) is 50.2 Å². The summed E-state index contributed by atoms with van der Waals surface area (Å²) >= 11 is 0. The Balaban J connectivity index is 2.05. The first-order chi connectivity index (χ1) is 11.5. The number of hydrogen-bond acceptors (Lipinski definition) is 3. The van der Waals surface area contributed by atoms with Crippen molar-refractivity contribution in [3.05, 3.63) is 59.7 Å². The van der Waals surface area contributed by atoms with Crippen LogP contribution in [-0.4, -0.2) is 12.0 Å². The average Bonchev–Trinajstić information content (AvgIpc) is 2.55. The minimum Gasteiger partial charge on any atom is -0.489 e. The molecule has 0 atom stereocenters. The number of benzene rings is 2. The zero-order valence-corrected chi connectivity index (χ0v) is 14.4. The quantitative estimate of drug-likeness (QED) is 0.616. The highest BCUT2D eigenvalue weighted by molar-refractivity contribution is 6.02. The number of ether oxygens (including phenoxy) is 1. The number of amides is 1. The molecule has 24 heavy (non-hydrogen) atoms. The summed E-state index contributed by atoms with van der Waals surface area (Å²) in [7, 11) is 0. The topological polar surface area (TPSA) is 64.3 Å². The number of nitrogens with one attached hydrogen (secondary N) is 1. The Kier molecular flexibility index (Phi) is 6.01. The van der Waals surface area contributed by atoms with Crippen molar-refractivity contribution in [1.82, 2.24) is 0 Å². The first-order valence-corrected chi connectivity index (χ1v) is 8.12. The Morgan fingerprint density at radius 2 is 2.00 bits per heavy atom. The smallest absolute Gasteiger partial charge is 0.248 e. The van der Waals surface area contributed by atoms with Crippen molar-refractivity contribution in [2.24, 2.45) is 0 Å². The SMILES string of the molecule is CCc1ccccc1NC(=O)/C=C\c1ccc(OC(C)C)c(N)c1. The van der Waals surface area contributed by atoms with E-state index in [9.17, 15) is 4.79 Å². The second-order valence-electron chi connectivity index (χ2n) is 5.80. The van der Waals surface area contributed by atoms with Crippen molar-refractivity contribution in [2.45, 2.75) is 33.3 Å². The first-order valence-electron chi connectivity index (χ1n) is 8.12. The van der Waals surface area contributed by atoms with Crippen molar-refractivity contribution < 1.29 is 9.53 Å². The summed E-state index contributed by atoms with van der Waals surface area (Å²) in [5.41, 5.74) is 9.34. The van der Waals surface area contributed by atoms with Gasteiger partial charge in [-0.3, -0.25) is 4.79 Å². The number of aryl methyl sites for hydroxylation is 1. The number of nitrogens with two attached hydrogens (primary N) is 1. The van der Waals surface area contributed by atoms with E-state index in [-0.39, 0.29) is 12.0 Å². The third kappa shape index (κ3) is 4.88. The normalized spacial score (nSPS) is 11.0. The Hall–Kier alpha value is -2.75. The molecule has 0 aliphatic heterocycles. The highest BCUT2D eigenvalue weighted by atomic mass is 16.5. The summed E-state index contributed by atoms with van der Waals surface area (Å²) in [6, 6.07) is 13.3. The monoisotopic (exact) mass is 324 g/mol. The van der Waals surface area contributed by atoms with Crippen molar-refractivity contribution in [2.75, 3.05) is 11.1 Å². The van der Waals surface area contributed by atoms with Crippen LogP contribution >= 0.6 is 0 Å². The zero-order valence-electron chi connectivity index (χ0n) is 14.4. The van der Waals surface area contributed by atoms with Gasteiger partial charge in [0.15, 0.2) is 0 Å². The molecule has 1 amide bonds. The van der Waals surface area contributed by atoms with Crippen molar-refractivity contribution in [3.8, 4) is 5.75 Å². The Morgan fingerprint density at radius 3 is 2.67 bits per heavy atom. The van der Waals surface area contributed by atoms with Crippen LogP contribution in [-0.2, 0) is 11.2 Å². The lowest BCUT2D eigenvalue weighted by Gasteiger charge is -2.12. The summed E-state index contributed by atoms with van der Waals surface area (Å²) in [4.78, 5) is 12.1. The van der Waals surface area contributed by atoms with Crippen LogP contribution in [0.5, 0.6) is 5.75 Å². The largest absolute Gasteiger partial charge is 0.489 e. The number of hydrogen-bond donors (Lipinski definition) is 2. The Morgan fingerprint density at radius 1 is 1.25 bits per heavy atom. The van der Waals surface area contributed by atoms with Gasteiger partial charge in [0, 0.05) is 11.8 Å². The number of nitrogen functional groups attached to an aromatic ring is 1. The second kappa shape index (κ2) is 8.20. The van der Waals surface area contributed by atoms with E-state index < -0.39 is 0 Å². The third-order valence-electron chi connectivity index (χ3n) is 3.48. The van der Waals surface area contributed by atoms with Crippen LogP contribution in [0.3, 0.4) is 0 Å². The van der Waals surface area contributed by atoms with E-state index in [4.69, 9.17) is 10.5 Å². The molecule has 0 radical (unpaired) electrons. The molecule has 3 N–H and O–H groups in total. The maximum Gasteiger partial charge on any atom is 0.248 e. The van der Waals surface area contributed by atoms with E-state index in [0.717, 1.165) is 23.2 Å². The predicted octanol–water partition coefficient (Wildman–Crippen LogP) is 4.27. The van der Waals surface area contributed by atoms with Crippen molar-refractivity contribution in [3.63, 3.8) is 0 Å². The molecule has 0 aliphatic rings. The van der Waals surface area contributed by atoms with E-state index in [2.05, 4.69) is 12.2 Å². The molecule has 0 saturated heterocycles. The molecule has 0 unspecified atom stereocenters. The minimum atomic E-state index is -0.169. The molecule has 0 spiro atoms. The van der Waals surface area contributed by atoms with Gasteiger partial charge in [-0.2, -0.15) is 0 Å². The van der Waals surface area contributed by atoms with Crippen molar-refractivity contribution in [1.29, 1.82) is 0 Å². The number of anilines is 2. The molecule has 0 aromatic heterocycles. The van der Waals surface area contributed by atoms with Crippen molar-refractivity contribution >= 4 is 23.4 Å². The van der Waals surface area contributed by atoms with E-state index >= 15 is 0 Å². The molecule has 0 aliphatic carbocycles. The summed E-state index contributed by atoms with van der Waals surface area (Å²) in [5.74, 6) is 0.487. The van der Waals surface area contributed by atoms with Gasteiger partial charge in [0.25, 0.3) is 0 Å². The standard InChI is InChI=1S/C20H24N2O2/c1-4-16-7-5-6-8-18(16)22-20(23)12-10-15-9-11-19(17(21)13-15)24-14(2)3/h5-14H,4,21H2,1-3H3,(H,22,23)/b12-10-. The summed E-state index contributed by atoms with van der Waals surface area (Å²) < 4.78 is 5.60. The molecule has 4 heteroatoms. The lowest BCUT2D eigenvalue weighted by molar-refractivity contribution is -0.111. The van der Waals surface area contributed by atoms with Gasteiger partial charge in [-0.1, -0.05) is 31.2 Å². The van der Waals surface area contributed by atoms with Crippen LogP contribution in [0.15, 0.2) is 48.5 Å². The highest BCUT2D eigenvalue weighted by Crippen LogP contribution is 2.24. The van der Waals surface area contributed by atoms with E-state index in [1.54, 1.807) is 12.1 Å². The van der Waals surface area contributed by atoms with Gasteiger partial charge >= 0.3 is 0 Å². The van der Waals surface area contributed by atoms with Crippen LogP contribution in [0, 0.1) is 0 Å². The third-order valence-corrected chi connectivity index (χ3v) is 3.48. The maximum atomic E-state index is 12.1. The fourth-order valence-corrected chi connectivity index (χ4v) is 2.33. The van der Waals surface area contributed by atoms with E-state index in [0.29, 0.717) is 11.4 Å². The highest BCUT2D eigenvalue weighted by Gasteiger charge is 2.04.